The van der Waals surface area contributed by atoms with E-state index >= 15 is 0 Å². The minimum absolute atomic E-state index is 0.298. The molecule has 0 fully saturated rings. The quantitative estimate of drug-likeness (QED) is 0.716. The molecule has 2 aromatic heterocycles. The summed E-state index contributed by atoms with van der Waals surface area (Å²) in [5.41, 5.74) is 8.50. The molecule has 0 aliphatic heterocycles. The smallest absolute Gasteiger partial charge is 0.220 e. The summed E-state index contributed by atoms with van der Waals surface area (Å²) in [6.45, 7) is 0.646. The number of para-hydroxylation sites is 2. The number of rotatable bonds is 2. The van der Waals surface area contributed by atoms with Crippen LogP contribution >= 0.6 is 0 Å². The first kappa shape index (κ1) is 9.77. The number of nitrogens with zero attached hydrogens (tertiary/aromatic N) is 4. The van der Waals surface area contributed by atoms with Gasteiger partial charge >= 0.3 is 0 Å². The second kappa shape index (κ2) is 3.86. The molecule has 5 nitrogen and oxygen atoms in total. The Kier molecular flexibility index (Phi) is 2.22. The maximum atomic E-state index is 5.55. The molecule has 0 saturated carbocycles. The van der Waals surface area contributed by atoms with Gasteiger partial charge in [-0.2, -0.15) is 0 Å². The zero-order valence-electron chi connectivity index (χ0n) is 9.11. The van der Waals surface area contributed by atoms with Gasteiger partial charge in [-0.1, -0.05) is 12.1 Å². The van der Waals surface area contributed by atoms with E-state index in [1.807, 2.05) is 41.2 Å². The van der Waals surface area contributed by atoms with Crippen LogP contribution in [0.1, 0.15) is 5.69 Å². The molecule has 2 heterocycles. The van der Waals surface area contributed by atoms with Crippen molar-refractivity contribution in [1.82, 2.24) is 19.5 Å². The Hall–Kier alpha value is -2.43. The van der Waals surface area contributed by atoms with Crippen molar-refractivity contribution in [3.63, 3.8) is 0 Å². The molecular weight excluding hydrogens is 214 g/mol. The lowest BCUT2D eigenvalue weighted by atomic mass is 10.3. The first-order chi connectivity index (χ1) is 8.33. The first-order valence-corrected chi connectivity index (χ1v) is 5.30. The topological polar surface area (TPSA) is 69.6 Å². The molecule has 0 atom stereocenters. The number of hydrogen-bond donors (Lipinski definition) is 1. The number of nitrogens with two attached hydrogens (primary N) is 1. The Balaban J connectivity index is 2.00. The van der Waals surface area contributed by atoms with E-state index in [-0.39, 0.29) is 0 Å². The number of anilines is 1. The van der Waals surface area contributed by atoms with E-state index in [0.29, 0.717) is 12.5 Å². The predicted octanol–water partition coefficient (Wildman–Crippen LogP) is 1.46. The fourth-order valence-electron chi connectivity index (χ4n) is 1.81. The van der Waals surface area contributed by atoms with Crippen molar-refractivity contribution in [2.75, 3.05) is 5.73 Å². The highest BCUT2D eigenvalue weighted by Crippen LogP contribution is 2.13. The lowest BCUT2D eigenvalue weighted by molar-refractivity contribution is 0.794. The number of benzene rings is 1. The molecule has 0 unspecified atom stereocenters. The lowest BCUT2D eigenvalue weighted by Crippen LogP contribution is -2.03. The fourth-order valence-corrected chi connectivity index (χ4v) is 1.81. The molecule has 0 saturated heterocycles. The van der Waals surface area contributed by atoms with Crippen LogP contribution in [-0.4, -0.2) is 19.5 Å². The molecule has 0 radical (unpaired) electrons. The molecular formula is C12H11N5. The maximum absolute atomic E-state index is 5.55. The Morgan fingerprint density at radius 2 is 2.00 bits per heavy atom. The minimum Gasteiger partial charge on any atom is -0.368 e. The van der Waals surface area contributed by atoms with Gasteiger partial charge in [0.15, 0.2) is 0 Å². The highest BCUT2D eigenvalue weighted by molar-refractivity contribution is 5.74. The molecule has 0 spiro atoms. The molecule has 3 aromatic rings. The average molecular weight is 225 g/mol. The Morgan fingerprint density at radius 3 is 2.88 bits per heavy atom. The van der Waals surface area contributed by atoms with Crippen LogP contribution in [-0.2, 0) is 6.54 Å². The van der Waals surface area contributed by atoms with Crippen LogP contribution in [0.5, 0.6) is 0 Å². The summed E-state index contributed by atoms with van der Waals surface area (Å²) >= 11 is 0. The van der Waals surface area contributed by atoms with Gasteiger partial charge in [0, 0.05) is 6.20 Å². The summed E-state index contributed by atoms with van der Waals surface area (Å²) in [6.07, 6.45) is 3.47. The van der Waals surface area contributed by atoms with Crippen LogP contribution in [0.15, 0.2) is 42.9 Å². The molecule has 3 rings (SSSR count). The Labute approximate surface area is 98.0 Å². The van der Waals surface area contributed by atoms with Crippen molar-refractivity contribution in [3.05, 3.63) is 48.5 Å². The van der Waals surface area contributed by atoms with Gasteiger partial charge in [-0.25, -0.2) is 15.0 Å². The summed E-state index contributed by atoms with van der Waals surface area (Å²) in [4.78, 5) is 12.4. The van der Waals surface area contributed by atoms with E-state index in [2.05, 4.69) is 15.0 Å². The standard InChI is InChI=1S/C12H11N5/c13-12-14-6-5-9(16-12)7-17-8-15-10-3-1-2-4-11(10)17/h1-6,8H,7H2,(H2,13,14,16). The van der Waals surface area contributed by atoms with Crippen molar-refractivity contribution in [1.29, 1.82) is 0 Å². The highest BCUT2D eigenvalue weighted by atomic mass is 15.1. The van der Waals surface area contributed by atoms with Crippen LogP contribution in [0.3, 0.4) is 0 Å². The zero-order valence-corrected chi connectivity index (χ0v) is 9.11. The van der Waals surface area contributed by atoms with Crippen LogP contribution in [0, 0.1) is 0 Å². The molecule has 0 amide bonds. The summed E-state index contributed by atoms with van der Waals surface area (Å²) < 4.78 is 2.04. The van der Waals surface area contributed by atoms with E-state index < -0.39 is 0 Å². The van der Waals surface area contributed by atoms with Gasteiger partial charge in [-0.15, -0.1) is 0 Å². The lowest BCUT2D eigenvalue weighted by Gasteiger charge is -2.03. The highest BCUT2D eigenvalue weighted by Gasteiger charge is 2.03. The van der Waals surface area contributed by atoms with Crippen molar-refractivity contribution >= 4 is 17.0 Å². The zero-order chi connectivity index (χ0) is 11.7. The van der Waals surface area contributed by atoms with Gasteiger partial charge in [0.2, 0.25) is 5.95 Å². The minimum atomic E-state index is 0.298. The van der Waals surface area contributed by atoms with Crippen molar-refractivity contribution < 1.29 is 0 Å². The normalized spacial score (nSPS) is 10.8. The van der Waals surface area contributed by atoms with Crippen molar-refractivity contribution in [2.24, 2.45) is 0 Å². The van der Waals surface area contributed by atoms with Gasteiger partial charge in [0.1, 0.15) is 0 Å². The molecule has 0 aliphatic rings. The summed E-state index contributed by atoms with van der Waals surface area (Å²) in [7, 11) is 0. The average Bonchev–Trinajstić information content (AvgIpc) is 2.73. The molecule has 0 bridgehead atoms. The van der Waals surface area contributed by atoms with Gasteiger partial charge < -0.3 is 10.3 Å². The summed E-state index contributed by atoms with van der Waals surface area (Å²) in [5, 5.41) is 0. The second-order valence-corrected chi connectivity index (χ2v) is 3.77. The van der Waals surface area contributed by atoms with Gasteiger partial charge in [0.05, 0.1) is 29.6 Å². The number of aromatic nitrogens is 4. The number of fused-ring (bicyclic) bond motifs is 1. The molecule has 2 N–H and O–H groups in total. The Bertz CT molecular complexity index is 659. The first-order valence-electron chi connectivity index (χ1n) is 5.30. The van der Waals surface area contributed by atoms with E-state index in [9.17, 15) is 0 Å². The van der Waals surface area contributed by atoms with Crippen molar-refractivity contribution in [2.45, 2.75) is 6.54 Å². The Morgan fingerprint density at radius 1 is 1.12 bits per heavy atom. The summed E-state index contributed by atoms with van der Waals surface area (Å²) in [5.74, 6) is 0.298. The van der Waals surface area contributed by atoms with Crippen LogP contribution < -0.4 is 5.73 Å². The monoisotopic (exact) mass is 225 g/mol. The molecule has 17 heavy (non-hydrogen) atoms. The molecule has 0 aliphatic carbocycles. The number of hydrogen-bond acceptors (Lipinski definition) is 4. The molecule has 1 aromatic carbocycles. The molecule has 5 heteroatoms. The predicted molar refractivity (Wildman–Crippen MR) is 65.3 cm³/mol. The van der Waals surface area contributed by atoms with Crippen molar-refractivity contribution in [3.8, 4) is 0 Å². The third-order valence-electron chi connectivity index (χ3n) is 2.59. The van der Waals surface area contributed by atoms with Gasteiger partial charge in [-0.05, 0) is 18.2 Å². The third-order valence-corrected chi connectivity index (χ3v) is 2.59. The summed E-state index contributed by atoms with van der Waals surface area (Å²) in [6, 6.07) is 9.84. The second-order valence-electron chi connectivity index (χ2n) is 3.77. The van der Waals surface area contributed by atoms with Crippen LogP contribution in [0.4, 0.5) is 5.95 Å². The van der Waals surface area contributed by atoms with E-state index in [0.717, 1.165) is 16.7 Å². The van der Waals surface area contributed by atoms with E-state index in [1.165, 1.54) is 0 Å². The van der Waals surface area contributed by atoms with Crippen LogP contribution in [0.2, 0.25) is 0 Å². The molecule has 84 valence electrons. The SMILES string of the molecule is Nc1nccc(Cn2cnc3ccccc32)n1. The van der Waals surface area contributed by atoms with Crippen LogP contribution in [0.25, 0.3) is 11.0 Å². The van der Waals surface area contributed by atoms with Gasteiger partial charge in [-0.3, -0.25) is 0 Å². The van der Waals surface area contributed by atoms with Gasteiger partial charge in [0.25, 0.3) is 0 Å². The largest absolute Gasteiger partial charge is 0.368 e. The third kappa shape index (κ3) is 1.82. The van der Waals surface area contributed by atoms with E-state index in [1.54, 1.807) is 6.20 Å². The maximum Gasteiger partial charge on any atom is 0.220 e. The fraction of sp³-hybridized carbons (Fsp3) is 0.0833. The number of imidazole rings is 1. The number of nitrogen functional groups attached to an aromatic ring is 1. The van der Waals surface area contributed by atoms with E-state index in [4.69, 9.17) is 5.73 Å².